The van der Waals surface area contributed by atoms with Crippen molar-refractivity contribution in [3.05, 3.63) is 47.3 Å². The fourth-order valence-electron chi connectivity index (χ4n) is 5.71. The molecule has 2 fully saturated rings. The largest absolute Gasteiger partial charge is 0.490 e. The number of ether oxygens (including phenoxy) is 4. The van der Waals surface area contributed by atoms with E-state index in [1.807, 2.05) is 26.0 Å². The summed E-state index contributed by atoms with van der Waals surface area (Å²) in [7, 11) is 1.49. The fraction of sp³-hybridized carbons (Fsp3) is 0.710. The maximum atomic E-state index is 13.2. The molecule has 7 atom stereocenters. The standard InChI is InChI=1S/C31H48O6/c1-21-9-7-8-10-27(19-26-14-16-35-31(25(26)5)15-13-22(2)20-36-31)37-30(33)29(34-6)18-23(3)17-24(4)28(32)12-11-21/h7-9,17-18,22,24-28,32H,10-16,19-20H2,1-6H3/b8-7+,21-9+,23-17+,29-18-/t22-,24+,25-,26+,27-,28-,31+/m0/s1. The van der Waals surface area contributed by atoms with Crippen LogP contribution in [0, 0.1) is 23.7 Å². The molecule has 0 radical (unpaired) electrons. The number of aliphatic hydroxyl groups is 1. The number of methoxy groups -OCH3 is 1. The highest BCUT2D eigenvalue weighted by atomic mass is 16.7. The van der Waals surface area contributed by atoms with Crippen LogP contribution in [0.2, 0.25) is 0 Å². The zero-order valence-electron chi connectivity index (χ0n) is 23.7. The van der Waals surface area contributed by atoms with Crippen LogP contribution in [0.15, 0.2) is 47.3 Å². The summed E-state index contributed by atoms with van der Waals surface area (Å²) < 4.78 is 24.0. The van der Waals surface area contributed by atoms with E-state index in [0.717, 1.165) is 44.3 Å². The summed E-state index contributed by atoms with van der Waals surface area (Å²) in [6, 6.07) is 0. The SMILES string of the molecule is CO/C1=C\C(C)=C\[C@@H](C)[C@@H](O)CC/C(C)=C/C=C/C[C@@H](C[C@H]2CCO[C@@]3(CC[C@H](C)CO3)[C@H]2C)OC1=O. The van der Waals surface area contributed by atoms with E-state index in [4.69, 9.17) is 18.9 Å². The lowest BCUT2D eigenvalue weighted by molar-refractivity contribution is -0.316. The molecule has 3 aliphatic heterocycles. The van der Waals surface area contributed by atoms with E-state index in [1.54, 1.807) is 6.08 Å². The lowest BCUT2D eigenvalue weighted by Crippen LogP contribution is -2.52. The van der Waals surface area contributed by atoms with Gasteiger partial charge in [0.2, 0.25) is 5.76 Å². The van der Waals surface area contributed by atoms with Gasteiger partial charge in [-0.05, 0) is 63.9 Å². The summed E-state index contributed by atoms with van der Waals surface area (Å²) in [4.78, 5) is 13.2. The third-order valence-corrected chi connectivity index (χ3v) is 8.34. The first-order chi connectivity index (χ1) is 17.6. The number of carbonyl (C=O) groups is 1. The normalized spacial score (nSPS) is 41.9. The van der Waals surface area contributed by atoms with Crippen LogP contribution in [0.3, 0.4) is 0 Å². The Morgan fingerprint density at radius 1 is 1.14 bits per heavy atom. The minimum atomic E-state index is -0.520. The van der Waals surface area contributed by atoms with Gasteiger partial charge in [0.25, 0.3) is 0 Å². The van der Waals surface area contributed by atoms with Gasteiger partial charge in [0.05, 0.1) is 26.4 Å². The van der Waals surface area contributed by atoms with Crippen LogP contribution >= 0.6 is 0 Å². The van der Waals surface area contributed by atoms with Crippen LogP contribution in [0.5, 0.6) is 0 Å². The Morgan fingerprint density at radius 2 is 1.92 bits per heavy atom. The first-order valence-electron chi connectivity index (χ1n) is 14.1. The van der Waals surface area contributed by atoms with Crippen LogP contribution in [-0.2, 0) is 23.7 Å². The monoisotopic (exact) mass is 516 g/mol. The van der Waals surface area contributed by atoms with Crippen molar-refractivity contribution < 1.29 is 28.8 Å². The van der Waals surface area contributed by atoms with E-state index in [9.17, 15) is 9.90 Å². The Morgan fingerprint density at radius 3 is 2.62 bits per heavy atom. The van der Waals surface area contributed by atoms with Crippen LogP contribution < -0.4 is 0 Å². The summed E-state index contributed by atoms with van der Waals surface area (Å²) in [5, 5.41) is 10.6. The smallest absolute Gasteiger partial charge is 0.373 e. The van der Waals surface area contributed by atoms with Crippen LogP contribution in [-0.4, -0.2) is 49.4 Å². The molecule has 0 bridgehead atoms. The maximum Gasteiger partial charge on any atom is 0.373 e. The number of hydrogen-bond donors (Lipinski definition) is 1. The van der Waals surface area contributed by atoms with E-state index >= 15 is 0 Å². The molecule has 3 rings (SSSR count). The first-order valence-corrected chi connectivity index (χ1v) is 14.1. The quantitative estimate of drug-likeness (QED) is 0.446. The lowest BCUT2D eigenvalue weighted by atomic mass is 9.75. The molecule has 3 heterocycles. The predicted molar refractivity (Wildman–Crippen MR) is 146 cm³/mol. The Kier molecular flexibility index (Phi) is 11.0. The molecule has 0 amide bonds. The maximum absolute atomic E-state index is 13.2. The van der Waals surface area contributed by atoms with Crippen LogP contribution in [0.25, 0.3) is 0 Å². The Labute approximate surface area is 223 Å². The summed E-state index contributed by atoms with van der Waals surface area (Å²) >= 11 is 0. The predicted octanol–water partition coefficient (Wildman–Crippen LogP) is 6.26. The van der Waals surface area contributed by atoms with Gasteiger partial charge in [0, 0.05) is 24.7 Å². The number of esters is 1. The summed E-state index contributed by atoms with van der Waals surface area (Å²) in [6.07, 6.45) is 15.0. The lowest BCUT2D eigenvalue weighted by Gasteiger charge is -2.49. The third kappa shape index (κ3) is 8.30. The molecule has 0 saturated carbocycles. The molecular formula is C31H48O6. The molecule has 1 N–H and O–H groups in total. The second-order valence-corrected chi connectivity index (χ2v) is 11.5. The highest BCUT2D eigenvalue weighted by Crippen LogP contribution is 2.44. The molecule has 37 heavy (non-hydrogen) atoms. The molecule has 3 aliphatic rings. The Balaban J connectivity index is 1.81. The van der Waals surface area contributed by atoms with Crippen molar-refractivity contribution >= 4 is 5.97 Å². The van der Waals surface area contributed by atoms with Crippen molar-refractivity contribution in [2.24, 2.45) is 23.7 Å². The fourth-order valence-corrected chi connectivity index (χ4v) is 5.71. The van der Waals surface area contributed by atoms with Gasteiger partial charge in [0.1, 0.15) is 6.10 Å². The van der Waals surface area contributed by atoms with E-state index < -0.39 is 17.9 Å². The minimum absolute atomic E-state index is 0.0401. The van der Waals surface area contributed by atoms with Crippen molar-refractivity contribution in [1.82, 2.24) is 0 Å². The molecule has 0 aromatic carbocycles. The molecule has 0 unspecified atom stereocenters. The molecule has 0 aliphatic carbocycles. The average molecular weight is 517 g/mol. The molecular weight excluding hydrogens is 468 g/mol. The summed E-state index contributed by atoms with van der Waals surface area (Å²) in [5.41, 5.74) is 2.08. The third-order valence-electron chi connectivity index (χ3n) is 8.34. The second kappa shape index (κ2) is 13.8. The zero-order chi connectivity index (χ0) is 27.0. The summed E-state index contributed by atoms with van der Waals surface area (Å²) in [5.74, 6) is 0.256. The zero-order valence-corrected chi connectivity index (χ0v) is 23.7. The van der Waals surface area contributed by atoms with Crippen molar-refractivity contribution in [2.75, 3.05) is 20.3 Å². The molecule has 6 nitrogen and oxygen atoms in total. The van der Waals surface area contributed by atoms with Crippen molar-refractivity contribution in [3.8, 4) is 0 Å². The highest BCUT2D eigenvalue weighted by Gasteiger charge is 2.47. The number of aliphatic hydroxyl groups excluding tert-OH is 1. The number of hydrogen-bond acceptors (Lipinski definition) is 6. The van der Waals surface area contributed by atoms with Gasteiger partial charge in [0.15, 0.2) is 5.79 Å². The summed E-state index contributed by atoms with van der Waals surface area (Å²) in [6.45, 7) is 11.8. The van der Waals surface area contributed by atoms with Gasteiger partial charge >= 0.3 is 5.97 Å². The Bertz CT molecular complexity index is 876. The number of carbonyl (C=O) groups excluding carboxylic acids is 1. The van der Waals surface area contributed by atoms with E-state index in [2.05, 4.69) is 32.9 Å². The van der Waals surface area contributed by atoms with Gasteiger partial charge in [-0.15, -0.1) is 0 Å². The molecule has 0 aromatic heterocycles. The van der Waals surface area contributed by atoms with Gasteiger partial charge in [-0.25, -0.2) is 4.79 Å². The second-order valence-electron chi connectivity index (χ2n) is 11.5. The highest BCUT2D eigenvalue weighted by molar-refractivity contribution is 5.87. The average Bonchev–Trinajstić information content (AvgIpc) is 2.87. The molecule has 208 valence electrons. The first kappa shape index (κ1) is 29.7. The number of rotatable bonds is 3. The number of cyclic esters (lactones) is 1. The molecule has 1 spiro atoms. The van der Waals surface area contributed by atoms with Gasteiger partial charge in [-0.1, -0.05) is 56.2 Å². The minimum Gasteiger partial charge on any atom is -0.490 e. The number of allylic oxidation sites excluding steroid dienone is 5. The van der Waals surface area contributed by atoms with E-state index in [-0.39, 0.29) is 23.7 Å². The van der Waals surface area contributed by atoms with Gasteiger partial charge in [-0.3, -0.25) is 0 Å². The van der Waals surface area contributed by atoms with Crippen LogP contribution in [0.1, 0.15) is 79.6 Å². The van der Waals surface area contributed by atoms with Gasteiger partial charge < -0.3 is 24.1 Å². The molecule has 2 saturated heterocycles. The van der Waals surface area contributed by atoms with Gasteiger partial charge in [-0.2, -0.15) is 0 Å². The van der Waals surface area contributed by atoms with Crippen molar-refractivity contribution in [1.29, 1.82) is 0 Å². The molecule has 6 heteroatoms. The van der Waals surface area contributed by atoms with Crippen molar-refractivity contribution in [2.45, 2.75) is 97.6 Å². The van der Waals surface area contributed by atoms with E-state index in [0.29, 0.717) is 31.3 Å². The Hall–Kier alpha value is -1.89. The van der Waals surface area contributed by atoms with E-state index in [1.165, 1.54) is 12.7 Å². The topological polar surface area (TPSA) is 74.2 Å². The van der Waals surface area contributed by atoms with Crippen LogP contribution in [0.4, 0.5) is 0 Å². The molecule has 0 aromatic rings. The van der Waals surface area contributed by atoms with Crippen molar-refractivity contribution in [3.63, 3.8) is 0 Å².